The molecule has 0 saturated carbocycles. The number of benzene rings is 2. The van der Waals surface area contributed by atoms with Crippen LogP contribution in [0.3, 0.4) is 0 Å². The van der Waals surface area contributed by atoms with Crippen LogP contribution in [0.5, 0.6) is 5.75 Å². The number of carbonyl (C=O) groups is 1. The summed E-state index contributed by atoms with van der Waals surface area (Å²) >= 11 is 0. The molecule has 5 nitrogen and oxygen atoms in total. The minimum Gasteiger partial charge on any atom is -0.497 e. The van der Waals surface area contributed by atoms with Crippen molar-refractivity contribution in [1.29, 1.82) is 0 Å². The molecule has 1 unspecified atom stereocenters. The van der Waals surface area contributed by atoms with E-state index in [1.54, 1.807) is 7.11 Å². The lowest BCUT2D eigenvalue weighted by Crippen LogP contribution is -2.52. The molecule has 5 heteroatoms. The highest BCUT2D eigenvalue weighted by Crippen LogP contribution is 2.29. The minimum absolute atomic E-state index is 0.161. The second kappa shape index (κ2) is 9.42. The first-order chi connectivity index (χ1) is 14.0. The quantitative estimate of drug-likeness (QED) is 0.637. The van der Waals surface area contributed by atoms with Crippen LogP contribution >= 0.6 is 0 Å². The molecule has 0 spiro atoms. The van der Waals surface area contributed by atoms with Gasteiger partial charge >= 0.3 is 0 Å². The average Bonchev–Trinajstić information content (AvgIpc) is 2.78. The van der Waals surface area contributed by atoms with Crippen LogP contribution < -0.4 is 9.64 Å². The predicted molar refractivity (Wildman–Crippen MR) is 117 cm³/mol. The van der Waals surface area contributed by atoms with Gasteiger partial charge in [-0.1, -0.05) is 19.1 Å². The van der Waals surface area contributed by atoms with Crippen molar-refractivity contribution in [3.8, 4) is 5.75 Å². The van der Waals surface area contributed by atoms with Gasteiger partial charge in [-0.05, 0) is 68.9 Å². The predicted octanol–water partition coefficient (Wildman–Crippen LogP) is 3.67. The molecule has 29 heavy (non-hydrogen) atoms. The van der Waals surface area contributed by atoms with Crippen molar-refractivity contribution < 1.29 is 14.3 Å². The summed E-state index contributed by atoms with van der Waals surface area (Å²) in [4.78, 5) is 18.0. The van der Waals surface area contributed by atoms with Gasteiger partial charge < -0.3 is 14.4 Å². The largest absolute Gasteiger partial charge is 0.497 e. The number of morpholine rings is 1. The number of ketones is 1. The first-order valence-electron chi connectivity index (χ1n) is 10.3. The number of ether oxygens (including phenoxy) is 2. The zero-order chi connectivity index (χ0) is 20.9. The lowest BCUT2D eigenvalue weighted by atomic mass is 9.80. The van der Waals surface area contributed by atoms with Gasteiger partial charge in [-0.25, -0.2) is 0 Å². The van der Waals surface area contributed by atoms with Crippen molar-refractivity contribution in [2.45, 2.75) is 25.3 Å². The van der Waals surface area contributed by atoms with E-state index in [1.165, 1.54) is 0 Å². The molecule has 1 fully saturated rings. The Morgan fingerprint density at radius 1 is 1.07 bits per heavy atom. The molecule has 0 aliphatic carbocycles. The van der Waals surface area contributed by atoms with E-state index in [0.29, 0.717) is 6.42 Å². The first-order valence-corrected chi connectivity index (χ1v) is 10.3. The summed E-state index contributed by atoms with van der Waals surface area (Å²) in [5, 5.41) is 0. The number of carbonyl (C=O) groups excluding carboxylic acids is 1. The zero-order valence-corrected chi connectivity index (χ0v) is 18.0. The molecule has 2 aromatic carbocycles. The zero-order valence-electron chi connectivity index (χ0n) is 18.0. The van der Waals surface area contributed by atoms with E-state index >= 15 is 0 Å². The van der Waals surface area contributed by atoms with Crippen LogP contribution in [-0.4, -0.2) is 63.7 Å². The molecule has 0 amide bonds. The van der Waals surface area contributed by atoms with Gasteiger partial charge in [0.2, 0.25) is 0 Å². The topological polar surface area (TPSA) is 42.0 Å². The molecule has 2 aromatic rings. The number of Topliss-reactive ketones (excluding diaryl/α,β-unsaturated/α-hetero) is 1. The Bertz CT molecular complexity index is 796. The van der Waals surface area contributed by atoms with Gasteiger partial charge in [-0.2, -0.15) is 0 Å². The van der Waals surface area contributed by atoms with Crippen molar-refractivity contribution in [3.05, 3.63) is 59.7 Å². The Kier molecular flexibility index (Phi) is 6.93. The summed E-state index contributed by atoms with van der Waals surface area (Å²) in [5.41, 5.74) is 2.44. The molecule has 0 bridgehead atoms. The van der Waals surface area contributed by atoms with Crippen LogP contribution in [-0.2, 0) is 11.2 Å². The smallest absolute Gasteiger partial charge is 0.183 e. The van der Waals surface area contributed by atoms with Gasteiger partial charge in [0.25, 0.3) is 0 Å². The second-order valence-corrected chi connectivity index (χ2v) is 7.78. The molecule has 1 aliphatic heterocycles. The molecule has 0 radical (unpaired) electrons. The van der Waals surface area contributed by atoms with Crippen molar-refractivity contribution in [3.63, 3.8) is 0 Å². The van der Waals surface area contributed by atoms with E-state index in [0.717, 1.165) is 55.3 Å². The highest BCUT2D eigenvalue weighted by atomic mass is 16.5. The minimum atomic E-state index is -0.588. The van der Waals surface area contributed by atoms with Gasteiger partial charge in [0, 0.05) is 24.3 Å². The van der Waals surface area contributed by atoms with Crippen LogP contribution in [0, 0.1) is 0 Å². The van der Waals surface area contributed by atoms with Crippen molar-refractivity contribution in [2.75, 3.05) is 52.4 Å². The summed E-state index contributed by atoms with van der Waals surface area (Å²) in [7, 11) is 5.65. The Morgan fingerprint density at radius 3 is 2.21 bits per heavy atom. The molecular weight excluding hydrogens is 364 g/mol. The van der Waals surface area contributed by atoms with E-state index in [-0.39, 0.29) is 5.78 Å². The monoisotopic (exact) mass is 396 g/mol. The summed E-state index contributed by atoms with van der Waals surface area (Å²) in [6, 6.07) is 16.0. The van der Waals surface area contributed by atoms with Crippen LogP contribution in [0.2, 0.25) is 0 Å². The van der Waals surface area contributed by atoms with Crippen LogP contribution in [0.25, 0.3) is 0 Å². The molecule has 1 saturated heterocycles. The lowest BCUT2D eigenvalue weighted by molar-refractivity contribution is 0.0666. The maximum absolute atomic E-state index is 13.7. The summed E-state index contributed by atoms with van der Waals surface area (Å²) < 4.78 is 10.7. The SMILES string of the molecule is CCC(Cc1ccc(OC)cc1)(C(=O)c1ccc(N2CCOCC2)cc1)N(C)C. The molecule has 1 heterocycles. The van der Waals surface area contributed by atoms with Crippen molar-refractivity contribution >= 4 is 11.5 Å². The fourth-order valence-corrected chi connectivity index (χ4v) is 4.04. The maximum atomic E-state index is 13.7. The third-order valence-electron chi connectivity index (χ3n) is 6.02. The molecule has 156 valence electrons. The Balaban J connectivity index is 1.84. The van der Waals surface area contributed by atoms with E-state index in [9.17, 15) is 4.79 Å². The van der Waals surface area contributed by atoms with Gasteiger partial charge in [0.05, 0.1) is 25.9 Å². The fraction of sp³-hybridized carbons (Fsp3) is 0.458. The van der Waals surface area contributed by atoms with Gasteiger partial charge in [-0.3, -0.25) is 9.69 Å². The van der Waals surface area contributed by atoms with Crippen LogP contribution in [0.4, 0.5) is 5.69 Å². The highest BCUT2D eigenvalue weighted by molar-refractivity contribution is 6.03. The van der Waals surface area contributed by atoms with Gasteiger partial charge in [0.15, 0.2) is 5.78 Å². The van der Waals surface area contributed by atoms with E-state index in [4.69, 9.17) is 9.47 Å². The number of nitrogens with zero attached hydrogens (tertiary/aromatic N) is 2. The average molecular weight is 397 g/mol. The third-order valence-corrected chi connectivity index (χ3v) is 6.02. The Hall–Kier alpha value is -2.37. The Morgan fingerprint density at radius 2 is 1.69 bits per heavy atom. The van der Waals surface area contributed by atoms with Crippen molar-refractivity contribution in [1.82, 2.24) is 4.90 Å². The third kappa shape index (κ3) is 4.62. The lowest BCUT2D eigenvalue weighted by Gasteiger charge is -2.38. The summed E-state index contributed by atoms with van der Waals surface area (Å²) in [6.07, 6.45) is 1.39. The summed E-state index contributed by atoms with van der Waals surface area (Å²) in [5.74, 6) is 0.986. The number of likely N-dealkylation sites (N-methyl/N-ethyl adjacent to an activating group) is 1. The number of hydrogen-bond acceptors (Lipinski definition) is 5. The van der Waals surface area contributed by atoms with E-state index in [2.05, 4.69) is 28.9 Å². The molecule has 0 aromatic heterocycles. The van der Waals surface area contributed by atoms with Crippen LogP contribution in [0.1, 0.15) is 29.3 Å². The second-order valence-electron chi connectivity index (χ2n) is 7.78. The van der Waals surface area contributed by atoms with Gasteiger partial charge in [0.1, 0.15) is 5.75 Å². The number of methoxy groups -OCH3 is 1. The van der Waals surface area contributed by atoms with E-state index < -0.39 is 5.54 Å². The summed E-state index contributed by atoms with van der Waals surface area (Å²) in [6.45, 7) is 5.37. The van der Waals surface area contributed by atoms with Crippen LogP contribution in [0.15, 0.2) is 48.5 Å². The molecule has 0 N–H and O–H groups in total. The molecular formula is C24H32N2O3. The normalized spacial score (nSPS) is 16.5. The van der Waals surface area contributed by atoms with Crippen molar-refractivity contribution in [2.24, 2.45) is 0 Å². The van der Waals surface area contributed by atoms with E-state index in [1.807, 2.05) is 50.5 Å². The molecule has 1 atom stereocenters. The highest BCUT2D eigenvalue weighted by Gasteiger charge is 2.39. The van der Waals surface area contributed by atoms with Gasteiger partial charge in [-0.15, -0.1) is 0 Å². The number of anilines is 1. The standard InChI is InChI=1S/C24H32N2O3/c1-5-24(25(2)3,18-19-6-12-22(28-4)13-7-19)23(27)20-8-10-21(11-9-20)26-14-16-29-17-15-26/h6-13H,5,14-18H2,1-4H3. The number of rotatable bonds is 8. The first kappa shape index (κ1) is 21.3. The number of hydrogen-bond donors (Lipinski definition) is 0. The molecule has 1 aliphatic rings. The fourth-order valence-electron chi connectivity index (χ4n) is 4.04. The maximum Gasteiger partial charge on any atom is 0.183 e. The Labute approximate surface area is 174 Å². The molecule has 3 rings (SSSR count).